The Morgan fingerprint density at radius 3 is 2.03 bits per heavy atom. The zero-order valence-electron chi connectivity index (χ0n) is 15.9. The molecule has 0 saturated heterocycles. The van der Waals surface area contributed by atoms with Crippen LogP contribution in [0.5, 0.6) is 0 Å². The summed E-state index contributed by atoms with van der Waals surface area (Å²) in [5.74, 6) is -1.01. The molecule has 2 aromatic rings. The monoisotopic (exact) mass is 456 g/mol. The van der Waals surface area contributed by atoms with Crippen molar-refractivity contribution in [2.75, 3.05) is 0 Å². The molecular weight excluding hydrogens is 434 g/mol. The second-order valence-electron chi connectivity index (χ2n) is 6.57. The van der Waals surface area contributed by atoms with E-state index in [0.29, 0.717) is 0 Å². The van der Waals surface area contributed by atoms with Gasteiger partial charge in [-0.25, -0.2) is 0 Å². The van der Waals surface area contributed by atoms with E-state index in [0.717, 1.165) is 17.7 Å². The van der Waals surface area contributed by atoms with E-state index >= 15 is 0 Å². The predicted octanol–water partition coefficient (Wildman–Crippen LogP) is -0.344. The molecular formula is C18H22N2O8P2. The van der Waals surface area contributed by atoms with Gasteiger partial charge in [0.25, 0.3) is 0 Å². The van der Waals surface area contributed by atoms with Gasteiger partial charge in [0.1, 0.15) is 6.04 Å². The average molecular weight is 456 g/mol. The molecule has 0 bridgehead atoms. The minimum atomic E-state index is -5.01. The first kappa shape index (κ1) is 24.0. The Morgan fingerprint density at radius 1 is 0.900 bits per heavy atom. The van der Waals surface area contributed by atoms with Gasteiger partial charge in [-0.15, -0.1) is 0 Å². The lowest BCUT2D eigenvalue weighted by atomic mass is 10.0. The van der Waals surface area contributed by atoms with Crippen molar-refractivity contribution in [3.05, 3.63) is 59.7 Å². The van der Waals surface area contributed by atoms with Crippen LogP contribution in [0.3, 0.4) is 0 Å². The van der Waals surface area contributed by atoms with Crippen LogP contribution in [0.1, 0.15) is 18.1 Å². The molecule has 0 spiro atoms. The summed E-state index contributed by atoms with van der Waals surface area (Å²) in [6.07, 6.45) is -0.144. The van der Waals surface area contributed by atoms with Crippen molar-refractivity contribution in [3.8, 4) is 0 Å². The van der Waals surface area contributed by atoms with E-state index in [1.165, 1.54) is 13.0 Å². The van der Waals surface area contributed by atoms with Gasteiger partial charge in [-0.05, 0) is 23.3 Å². The van der Waals surface area contributed by atoms with E-state index in [1.807, 2.05) is 6.07 Å². The third kappa shape index (κ3) is 6.88. The summed E-state index contributed by atoms with van der Waals surface area (Å²) in [6, 6.07) is 11.1. The van der Waals surface area contributed by atoms with Crippen LogP contribution in [-0.4, -0.2) is 37.4 Å². The maximum Gasteiger partial charge on any atom is 0.357 e. The van der Waals surface area contributed by atoms with E-state index in [-0.39, 0.29) is 18.5 Å². The molecule has 162 valence electrons. The van der Waals surface area contributed by atoms with Crippen LogP contribution >= 0.6 is 15.2 Å². The van der Waals surface area contributed by atoms with E-state index in [1.54, 1.807) is 24.3 Å². The van der Waals surface area contributed by atoms with E-state index in [4.69, 9.17) is 0 Å². The molecule has 0 aliphatic carbocycles. The molecule has 2 aromatic carbocycles. The molecule has 10 nitrogen and oxygen atoms in total. The predicted molar refractivity (Wildman–Crippen MR) is 109 cm³/mol. The molecule has 0 saturated carbocycles. The van der Waals surface area contributed by atoms with Crippen molar-refractivity contribution in [1.29, 1.82) is 0 Å². The van der Waals surface area contributed by atoms with Crippen LogP contribution in [0.15, 0.2) is 48.5 Å². The minimum absolute atomic E-state index is 0.144. The number of hydrogen-bond donors (Lipinski definition) is 6. The second kappa shape index (κ2) is 9.66. The first-order chi connectivity index (χ1) is 13.9. The highest BCUT2D eigenvalue weighted by Gasteiger charge is 2.31. The summed E-state index contributed by atoms with van der Waals surface area (Å²) in [5.41, 5.74) is 1.04. The van der Waals surface area contributed by atoms with Crippen LogP contribution in [0.25, 0.3) is 0 Å². The molecule has 2 rings (SSSR count). The first-order valence-corrected chi connectivity index (χ1v) is 11.9. The van der Waals surface area contributed by atoms with Gasteiger partial charge in [-0.2, -0.15) is 0 Å². The Balaban J connectivity index is 2.27. The molecule has 12 heteroatoms. The van der Waals surface area contributed by atoms with Crippen molar-refractivity contribution < 1.29 is 38.3 Å². The van der Waals surface area contributed by atoms with Gasteiger partial charge in [0.2, 0.25) is 11.8 Å². The highest BCUT2D eigenvalue weighted by Crippen LogP contribution is 2.40. The maximum absolute atomic E-state index is 12.6. The highest BCUT2D eigenvalue weighted by atomic mass is 31.2. The number of carbonyl (C=O) groups is 2. The van der Waals surface area contributed by atoms with Gasteiger partial charge in [0, 0.05) is 19.9 Å². The average Bonchev–Trinajstić information content (AvgIpc) is 2.64. The minimum Gasteiger partial charge on any atom is -0.350 e. The summed E-state index contributed by atoms with van der Waals surface area (Å²) in [5, 5.41) is 3.53. The van der Waals surface area contributed by atoms with Crippen LogP contribution in [0.2, 0.25) is 0 Å². The van der Waals surface area contributed by atoms with Crippen LogP contribution in [-0.2, 0) is 31.7 Å². The molecule has 0 aromatic heterocycles. The number of benzene rings is 2. The Hall–Kier alpha value is -2.32. The molecule has 6 N–H and O–H groups in total. The molecule has 2 amide bonds. The summed E-state index contributed by atoms with van der Waals surface area (Å²) in [7, 11) is -9.94. The molecule has 0 aliphatic rings. The van der Waals surface area contributed by atoms with Crippen molar-refractivity contribution in [2.24, 2.45) is 0 Å². The fraction of sp³-hybridized carbons (Fsp3) is 0.222. The SMILES string of the molecule is CC(=O)N[C@@H](Cc1ccc(P(=O)(O)O)c(P(=O)(O)O)c1)C(=O)NCc1ccccc1. The zero-order valence-corrected chi connectivity index (χ0v) is 17.7. The van der Waals surface area contributed by atoms with Crippen LogP contribution in [0, 0.1) is 0 Å². The summed E-state index contributed by atoms with van der Waals surface area (Å²) in [4.78, 5) is 61.7. The lowest BCUT2D eigenvalue weighted by Gasteiger charge is -2.19. The number of amides is 2. The maximum atomic E-state index is 12.6. The third-order valence-electron chi connectivity index (χ3n) is 4.11. The van der Waals surface area contributed by atoms with Gasteiger partial charge < -0.3 is 30.2 Å². The summed E-state index contributed by atoms with van der Waals surface area (Å²) >= 11 is 0. The van der Waals surface area contributed by atoms with Crippen molar-refractivity contribution >= 4 is 37.6 Å². The normalized spacial score (nSPS) is 12.8. The molecule has 1 atom stereocenters. The summed E-state index contributed by atoms with van der Waals surface area (Å²) < 4.78 is 23.2. The van der Waals surface area contributed by atoms with Gasteiger partial charge in [0.05, 0.1) is 10.6 Å². The Bertz CT molecular complexity index is 1020. The Kier molecular flexibility index (Phi) is 7.71. The van der Waals surface area contributed by atoms with Crippen molar-refractivity contribution in [2.45, 2.75) is 25.9 Å². The Labute approximate surface area is 172 Å². The lowest BCUT2D eigenvalue weighted by molar-refractivity contribution is -0.128. The lowest BCUT2D eigenvalue weighted by Crippen LogP contribution is -2.47. The fourth-order valence-corrected chi connectivity index (χ4v) is 4.89. The highest BCUT2D eigenvalue weighted by molar-refractivity contribution is 7.67. The fourth-order valence-electron chi connectivity index (χ4n) is 2.77. The van der Waals surface area contributed by atoms with Crippen LogP contribution in [0.4, 0.5) is 0 Å². The molecule has 0 unspecified atom stereocenters. The topological polar surface area (TPSA) is 173 Å². The van der Waals surface area contributed by atoms with Crippen molar-refractivity contribution in [3.63, 3.8) is 0 Å². The van der Waals surface area contributed by atoms with Gasteiger partial charge in [0.15, 0.2) is 0 Å². The zero-order chi connectivity index (χ0) is 22.5. The van der Waals surface area contributed by atoms with E-state index < -0.39 is 43.7 Å². The van der Waals surface area contributed by atoms with E-state index in [2.05, 4.69) is 10.6 Å². The smallest absolute Gasteiger partial charge is 0.350 e. The standard InChI is InChI=1S/C18H22N2O8P2/c1-12(21)20-15(18(22)19-11-13-5-3-2-4-6-13)9-14-7-8-16(29(23,24)25)17(10-14)30(26,27)28/h2-8,10,15H,9,11H2,1H3,(H,19,22)(H,20,21)(H2,23,24,25)(H2,26,27,28)/t15-/m0/s1. The molecule has 30 heavy (non-hydrogen) atoms. The molecule has 0 fully saturated rings. The number of hydrogen-bond acceptors (Lipinski definition) is 4. The first-order valence-electron chi connectivity index (χ1n) is 8.72. The molecule has 0 aliphatic heterocycles. The number of rotatable bonds is 8. The third-order valence-corrected chi connectivity index (χ3v) is 6.30. The van der Waals surface area contributed by atoms with E-state index in [9.17, 15) is 38.3 Å². The molecule has 0 radical (unpaired) electrons. The van der Waals surface area contributed by atoms with Crippen LogP contribution < -0.4 is 21.2 Å². The van der Waals surface area contributed by atoms with Gasteiger partial charge in [-0.1, -0.05) is 36.4 Å². The second-order valence-corrected chi connectivity index (χ2v) is 9.71. The largest absolute Gasteiger partial charge is 0.357 e. The quantitative estimate of drug-likeness (QED) is 0.293. The number of nitrogens with one attached hydrogen (secondary N) is 2. The summed E-state index contributed by atoms with van der Waals surface area (Å²) in [6.45, 7) is 1.43. The van der Waals surface area contributed by atoms with Crippen molar-refractivity contribution in [1.82, 2.24) is 10.6 Å². The number of carbonyl (C=O) groups excluding carboxylic acids is 2. The molecule has 0 heterocycles. The van der Waals surface area contributed by atoms with Gasteiger partial charge >= 0.3 is 15.2 Å². The van der Waals surface area contributed by atoms with Gasteiger partial charge in [-0.3, -0.25) is 18.7 Å². The Morgan fingerprint density at radius 2 is 1.50 bits per heavy atom.